The van der Waals surface area contributed by atoms with Crippen LogP contribution in [0.25, 0.3) is 5.69 Å². The van der Waals surface area contributed by atoms with Gasteiger partial charge in [-0.25, -0.2) is 4.79 Å². The van der Waals surface area contributed by atoms with Gasteiger partial charge in [-0.05, 0) is 55.8 Å². The number of esters is 1. The van der Waals surface area contributed by atoms with E-state index in [0.717, 1.165) is 33.2 Å². The Kier molecular flexibility index (Phi) is 6.16. The van der Waals surface area contributed by atoms with Crippen LogP contribution in [-0.4, -0.2) is 23.9 Å². The molecule has 28 heavy (non-hydrogen) atoms. The van der Waals surface area contributed by atoms with Crippen LogP contribution in [0.1, 0.15) is 32.9 Å². The lowest BCUT2D eigenvalue weighted by molar-refractivity contribution is 0.0601. The van der Waals surface area contributed by atoms with Gasteiger partial charge in [0.15, 0.2) is 0 Å². The van der Waals surface area contributed by atoms with Gasteiger partial charge < -0.3 is 14.7 Å². The number of hydrogen-bond acceptors (Lipinski definition) is 4. The number of methoxy groups -OCH3 is 1. The van der Waals surface area contributed by atoms with Gasteiger partial charge in [0, 0.05) is 27.7 Å². The Morgan fingerprint density at radius 1 is 1.18 bits per heavy atom. The predicted molar refractivity (Wildman–Crippen MR) is 112 cm³/mol. The summed E-state index contributed by atoms with van der Waals surface area (Å²) in [5, 5.41) is 5.05. The Balaban J connectivity index is 1.74. The highest BCUT2D eigenvalue weighted by Crippen LogP contribution is 2.20. The average Bonchev–Trinajstić information content (AvgIpc) is 2.99. The van der Waals surface area contributed by atoms with E-state index in [4.69, 9.17) is 16.3 Å². The highest BCUT2D eigenvalue weighted by atomic mass is 35.5. The second kappa shape index (κ2) is 8.76. The van der Waals surface area contributed by atoms with E-state index in [1.165, 1.54) is 7.11 Å². The molecule has 1 heterocycles. The van der Waals surface area contributed by atoms with Gasteiger partial charge in [0.2, 0.25) is 0 Å². The monoisotopic (exact) mass is 395 g/mol. The van der Waals surface area contributed by atoms with Gasteiger partial charge in [0.1, 0.15) is 0 Å². The van der Waals surface area contributed by atoms with Crippen molar-refractivity contribution in [2.45, 2.75) is 20.4 Å². The number of hydrogen-bond donors (Lipinski definition) is 1. The fourth-order valence-electron chi connectivity index (χ4n) is 3.07. The van der Waals surface area contributed by atoms with Crippen LogP contribution in [0.4, 0.5) is 0 Å². The van der Waals surface area contributed by atoms with Crippen molar-refractivity contribution < 1.29 is 9.53 Å². The third-order valence-corrected chi connectivity index (χ3v) is 4.91. The zero-order valence-corrected chi connectivity index (χ0v) is 16.8. The molecular weight excluding hydrogens is 374 g/mol. The van der Waals surface area contributed by atoms with Crippen LogP contribution in [0.2, 0.25) is 5.02 Å². The number of aromatic nitrogens is 1. The van der Waals surface area contributed by atoms with E-state index in [1.54, 1.807) is 18.3 Å². The highest BCUT2D eigenvalue weighted by Gasteiger charge is 2.11. The Hall–Kier alpha value is -3.05. The summed E-state index contributed by atoms with van der Waals surface area (Å²) in [7, 11) is 1.38. The lowest BCUT2D eigenvalue weighted by Gasteiger charge is -2.10. The number of halogens is 1. The molecule has 0 unspecified atom stereocenters. The standard InChI is InChI=1S/C22H22ClN3O2/c1-15-12-19(14-25-24-13-18-6-4-5-7-21(18)23)16(2)26(15)20-10-8-17(9-11-20)22(27)28-3/h4-12,14,24H,13H2,1-3H3/b25-14-. The van der Waals surface area contributed by atoms with Crippen molar-refractivity contribution in [3.63, 3.8) is 0 Å². The summed E-state index contributed by atoms with van der Waals surface area (Å²) in [4.78, 5) is 11.6. The van der Waals surface area contributed by atoms with Crippen LogP contribution in [0, 0.1) is 13.8 Å². The molecule has 0 saturated carbocycles. The maximum Gasteiger partial charge on any atom is 0.337 e. The molecule has 0 aliphatic heterocycles. The molecule has 1 N–H and O–H groups in total. The van der Waals surface area contributed by atoms with E-state index in [1.807, 2.05) is 50.2 Å². The number of benzene rings is 2. The maximum absolute atomic E-state index is 11.6. The maximum atomic E-state index is 11.6. The van der Waals surface area contributed by atoms with Crippen LogP contribution in [0.3, 0.4) is 0 Å². The number of rotatable bonds is 6. The van der Waals surface area contributed by atoms with Crippen LogP contribution >= 0.6 is 11.6 Å². The van der Waals surface area contributed by atoms with E-state index in [9.17, 15) is 4.79 Å². The fraction of sp³-hybridized carbons (Fsp3) is 0.182. The topological polar surface area (TPSA) is 55.6 Å². The Morgan fingerprint density at radius 3 is 2.57 bits per heavy atom. The molecule has 0 amide bonds. The molecule has 0 radical (unpaired) electrons. The largest absolute Gasteiger partial charge is 0.465 e. The lowest BCUT2D eigenvalue weighted by Crippen LogP contribution is -2.06. The predicted octanol–water partition coefficient (Wildman–Crippen LogP) is 4.66. The van der Waals surface area contributed by atoms with E-state index < -0.39 is 0 Å². The zero-order valence-electron chi connectivity index (χ0n) is 16.1. The number of carbonyl (C=O) groups is 1. The average molecular weight is 396 g/mol. The number of aryl methyl sites for hydroxylation is 1. The fourth-order valence-corrected chi connectivity index (χ4v) is 3.27. The molecule has 144 valence electrons. The van der Waals surface area contributed by atoms with Gasteiger partial charge in [0.05, 0.1) is 25.4 Å². The van der Waals surface area contributed by atoms with Crippen molar-refractivity contribution in [2.75, 3.05) is 7.11 Å². The second-order valence-corrected chi connectivity index (χ2v) is 6.79. The molecule has 2 aromatic carbocycles. The molecule has 6 heteroatoms. The van der Waals surface area contributed by atoms with E-state index >= 15 is 0 Å². The number of nitrogens with zero attached hydrogens (tertiary/aromatic N) is 2. The number of carbonyl (C=O) groups excluding carboxylic acids is 1. The summed E-state index contributed by atoms with van der Waals surface area (Å²) in [5.41, 5.74) is 8.70. The van der Waals surface area contributed by atoms with E-state index in [2.05, 4.69) is 21.2 Å². The van der Waals surface area contributed by atoms with Crippen LogP contribution in [0.5, 0.6) is 0 Å². The van der Waals surface area contributed by atoms with Crippen molar-refractivity contribution in [3.05, 3.63) is 87.7 Å². The van der Waals surface area contributed by atoms with Gasteiger partial charge in [-0.2, -0.15) is 5.10 Å². The third-order valence-electron chi connectivity index (χ3n) is 4.54. The van der Waals surface area contributed by atoms with Crippen LogP contribution in [0.15, 0.2) is 59.7 Å². The van der Waals surface area contributed by atoms with Gasteiger partial charge in [-0.15, -0.1) is 0 Å². The summed E-state index contributed by atoms with van der Waals surface area (Å²) in [5.74, 6) is -0.343. The molecule has 0 saturated heterocycles. The highest BCUT2D eigenvalue weighted by molar-refractivity contribution is 6.31. The summed E-state index contributed by atoms with van der Waals surface area (Å²) >= 11 is 6.15. The molecule has 0 aliphatic rings. The Labute approximate surface area is 169 Å². The summed E-state index contributed by atoms with van der Waals surface area (Å²) < 4.78 is 6.87. The second-order valence-electron chi connectivity index (χ2n) is 6.38. The minimum Gasteiger partial charge on any atom is -0.465 e. The zero-order chi connectivity index (χ0) is 20.1. The first-order chi connectivity index (χ1) is 13.5. The summed E-state index contributed by atoms with van der Waals surface area (Å²) in [6.45, 7) is 4.64. The summed E-state index contributed by atoms with van der Waals surface area (Å²) in [6.07, 6.45) is 1.80. The van der Waals surface area contributed by atoms with Crippen LogP contribution in [-0.2, 0) is 11.3 Å². The molecule has 3 aromatic rings. The molecular formula is C22H22ClN3O2. The van der Waals surface area contributed by atoms with Crippen molar-refractivity contribution in [1.29, 1.82) is 0 Å². The van der Waals surface area contributed by atoms with Gasteiger partial charge in [-0.3, -0.25) is 0 Å². The molecule has 0 fully saturated rings. The van der Waals surface area contributed by atoms with E-state index in [-0.39, 0.29) is 5.97 Å². The third kappa shape index (κ3) is 4.26. The van der Waals surface area contributed by atoms with Gasteiger partial charge in [-0.1, -0.05) is 29.8 Å². The number of nitrogens with one attached hydrogen (secondary N) is 1. The van der Waals surface area contributed by atoms with Crippen LogP contribution < -0.4 is 5.43 Å². The van der Waals surface area contributed by atoms with E-state index in [0.29, 0.717) is 12.1 Å². The lowest BCUT2D eigenvalue weighted by atomic mass is 10.2. The molecule has 5 nitrogen and oxygen atoms in total. The molecule has 0 aliphatic carbocycles. The normalized spacial score (nSPS) is 11.0. The summed E-state index contributed by atoms with van der Waals surface area (Å²) in [6, 6.07) is 17.1. The quantitative estimate of drug-likeness (QED) is 0.375. The number of ether oxygens (including phenoxy) is 1. The SMILES string of the molecule is COC(=O)c1ccc(-n2c(C)cc(/C=N\NCc3ccccc3Cl)c2C)cc1. The van der Waals surface area contributed by atoms with Gasteiger partial charge in [0.25, 0.3) is 0 Å². The molecule has 0 bridgehead atoms. The minimum atomic E-state index is -0.343. The Morgan fingerprint density at radius 2 is 1.89 bits per heavy atom. The first-order valence-electron chi connectivity index (χ1n) is 8.88. The minimum absolute atomic E-state index is 0.343. The van der Waals surface area contributed by atoms with Gasteiger partial charge >= 0.3 is 5.97 Å². The van der Waals surface area contributed by atoms with Crippen molar-refractivity contribution in [3.8, 4) is 5.69 Å². The van der Waals surface area contributed by atoms with Crippen molar-refractivity contribution >= 4 is 23.8 Å². The first-order valence-corrected chi connectivity index (χ1v) is 9.26. The molecule has 0 spiro atoms. The Bertz CT molecular complexity index is 1010. The number of hydrazone groups is 1. The molecule has 3 rings (SSSR count). The van der Waals surface area contributed by atoms with Crippen molar-refractivity contribution in [1.82, 2.24) is 9.99 Å². The smallest absolute Gasteiger partial charge is 0.337 e. The molecule has 1 aromatic heterocycles. The van der Waals surface area contributed by atoms with Crippen molar-refractivity contribution in [2.24, 2.45) is 5.10 Å². The molecule has 0 atom stereocenters. The first kappa shape index (κ1) is 19.7.